The van der Waals surface area contributed by atoms with Crippen LogP contribution in [0, 0.1) is 0 Å². The first-order chi connectivity index (χ1) is 18.6. The number of aromatic nitrogens is 7. The summed E-state index contributed by atoms with van der Waals surface area (Å²) >= 11 is 6.79. The van der Waals surface area contributed by atoms with E-state index < -0.39 is 0 Å². The first kappa shape index (κ1) is 23.2. The fourth-order valence-electron chi connectivity index (χ4n) is 4.99. The van der Waals surface area contributed by atoms with E-state index in [0.717, 1.165) is 37.9 Å². The van der Waals surface area contributed by atoms with Crippen LogP contribution in [0.25, 0.3) is 16.7 Å². The highest BCUT2D eigenvalue weighted by Gasteiger charge is 2.28. The van der Waals surface area contributed by atoms with Gasteiger partial charge in [-0.2, -0.15) is 10.1 Å². The first-order valence-corrected chi connectivity index (χ1v) is 13.0. The third-order valence-corrected chi connectivity index (χ3v) is 7.57. The maximum absolute atomic E-state index is 13.5. The highest BCUT2D eigenvalue weighted by molar-refractivity contribution is 6.36. The van der Waals surface area contributed by atoms with Gasteiger partial charge in [-0.3, -0.25) is 9.78 Å². The van der Waals surface area contributed by atoms with Gasteiger partial charge in [-0.1, -0.05) is 11.6 Å². The highest BCUT2D eigenvalue weighted by Crippen LogP contribution is 2.41. The van der Waals surface area contributed by atoms with Crippen molar-refractivity contribution < 1.29 is 9.47 Å². The van der Waals surface area contributed by atoms with E-state index in [0.29, 0.717) is 57.4 Å². The Labute approximate surface area is 222 Å². The number of nitrogens with one attached hydrogen (secondary N) is 1. The lowest BCUT2D eigenvalue weighted by Gasteiger charge is -2.25. The normalized spacial score (nSPS) is 17.8. The Morgan fingerprint density at radius 1 is 1.18 bits per heavy atom. The molecule has 5 aromatic rings. The van der Waals surface area contributed by atoms with E-state index in [-0.39, 0.29) is 11.6 Å². The van der Waals surface area contributed by atoms with Crippen molar-refractivity contribution in [3.8, 4) is 11.5 Å². The van der Waals surface area contributed by atoms with E-state index in [9.17, 15) is 4.79 Å². The van der Waals surface area contributed by atoms with Crippen LogP contribution in [-0.4, -0.2) is 46.9 Å². The molecule has 12 heteroatoms. The van der Waals surface area contributed by atoms with Gasteiger partial charge in [-0.05, 0) is 43.2 Å². The number of fused-ring (bicyclic) bond motifs is 2. The Bertz CT molecular complexity index is 1730. The van der Waals surface area contributed by atoms with Crippen LogP contribution in [0.3, 0.4) is 0 Å². The molecule has 0 amide bonds. The van der Waals surface area contributed by atoms with Gasteiger partial charge in [-0.25, -0.2) is 9.50 Å². The summed E-state index contributed by atoms with van der Waals surface area (Å²) < 4.78 is 17.0. The van der Waals surface area contributed by atoms with Gasteiger partial charge in [0.25, 0.3) is 5.56 Å². The number of hydrogen-bond acceptors (Lipinski definition) is 8. The second-order valence-corrected chi connectivity index (χ2v) is 10.2. The molecule has 1 aliphatic carbocycles. The van der Waals surface area contributed by atoms with Crippen LogP contribution in [0.5, 0.6) is 11.5 Å². The zero-order chi connectivity index (χ0) is 25.8. The van der Waals surface area contributed by atoms with Crippen LogP contribution >= 0.6 is 11.6 Å². The molecule has 1 saturated heterocycles. The number of hydrogen-bond donors (Lipinski definition) is 1. The van der Waals surface area contributed by atoms with Gasteiger partial charge < -0.3 is 23.9 Å². The van der Waals surface area contributed by atoms with E-state index in [1.54, 1.807) is 33.9 Å². The molecule has 1 N–H and O–H groups in total. The monoisotopic (exact) mass is 532 g/mol. The average Bonchev–Trinajstić information content (AvgIpc) is 3.64. The number of imidazole rings is 1. The van der Waals surface area contributed by atoms with Crippen molar-refractivity contribution >= 4 is 39.9 Å². The third kappa shape index (κ3) is 3.98. The first-order valence-electron chi connectivity index (χ1n) is 12.6. The summed E-state index contributed by atoms with van der Waals surface area (Å²) in [5.74, 6) is 1.81. The van der Waals surface area contributed by atoms with Crippen molar-refractivity contribution in [1.29, 1.82) is 0 Å². The molecule has 2 fully saturated rings. The molecule has 7 rings (SSSR count). The minimum absolute atomic E-state index is 0.0295. The second-order valence-electron chi connectivity index (χ2n) is 9.79. The number of rotatable bonds is 6. The Balaban J connectivity index is 1.25. The predicted octanol–water partition coefficient (Wildman–Crippen LogP) is 4.59. The summed E-state index contributed by atoms with van der Waals surface area (Å²) in [6, 6.07) is 1.98. The number of halogens is 1. The van der Waals surface area contributed by atoms with E-state index in [4.69, 9.17) is 21.1 Å². The van der Waals surface area contributed by atoms with Crippen molar-refractivity contribution in [2.45, 2.75) is 37.6 Å². The lowest BCUT2D eigenvalue weighted by atomic mass is 10.1. The Hall–Kier alpha value is -3.96. The standard InChI is InChI=1S/C26H25ClN8O3/c1-33-23-22(27)21(38-20-12-30-35-7-6-28-10-19(20)35)11-29-24(23)32-26(33)31-18-9-16(15-4-5-15)13-34(25(18)36)17-3-2-8-37-14-17/h6-7,9-13,15,17H,2-5,8,14H2,1H3,(H,29,31,32). The molecule has 1 atom stereocenters. The topological polar surface area (TPSA) is 113 Å². The van der Waals surface area contributed by atoms with E-state index in [1.165, 1.54) is 6.20 Å². The van der Waals surface area contributed by atoms with Gasteiger partial charge in [0.15, 0.2) is 17.1 Å². The van der Waals surface area contributed by atoms with Gasteiger partial charge in [0.1, 0.15) is 21.7 Å². The molecule has 0 spiro atoms. The fourth-order valence-corrected chi connectivity index (χ4v) is 5.29. The fraction of sp³-hybridized carbons (Fsp3) is 0.346. The Kier molecular flexibility index (Phi) is 5.55. The van der Waals surface area contributed by atoms with Crippen LogP contribution in [0.1, 0.15) is 43.2 Å². The lowest BCUT2D eigenvalue weighted by Crippen LogP contribution is -2.31. The van der Waals surface area contributed by atoms with Crippen molar-refractivity contribution in [3.63, 3.8) is 0 Å². The molecule has 0 bridgehead atoms. The molecule has 194 valence electrons. The van der Waals surface area contributed by atoms with Crippen molar-refractivity contribution in [1.82, 2.24) is 33.7 Å². The summed E-state index contributed by atoms with van der Waals surface area (Å²) in [7, 11) is 1.83. The number of nitrogens with zero attached hydrogens (tertiary/aromatic N) is 7. The van der Waals surface area contributed by atoms with Crippen molar-refractivity contribution in [2.24, 2.45) is 7.05 Å². The third-order valence-electron chi connectivity index (χ3n) is 7.20. The number of pyridine rings is 2. The van der Waals surface area contributed by atoms with Crippen LogP contribution in [-0.2, 0) is 11.8 Å². The molecule has 2 aliphatic rings. The molecule has 0 radical (unpaired) electrons. The van der Waals surface area contributed by atoms with E-state index in [2.05, 4.69) is 25.4 Å². The molecule has 0 aromatic carbocycles. The molecule has 11 nitrogen and oxygen atoms in total. The predicted molar refractivity (Wildman–Crippen MR) is 142 cm³/mol. The zero-order valence-corrected chi connectivity index (χ0v) is 21.4. The number of aryl methyl sites for hydroxylation is 1. The molecule has 5 aromatic heterocycles. The van der Waals surface area contributed by atoms with E-state index >= 15 is 0 Å². The lowest BCUT2D eigenvalue weighted by molar-refractivity contribution is 0.0580. The van der Waals surface area contributed by atoms with Gasteiger partial charge in [0.05, 0.1) is 31.2 Å². The maximum Gasteiger partial charge on any atom is 0.274 e. The molecule has 1 unspecified atom stereocenters. The number of ether oxygens (including phenoxy) is 2. The summed E-state index contributed by atoms with van der Waals surface area (Å²) in [5.41, 5.74) is 3.26. The summed E-state index contributed by atoms with van der Waals surface area (Å²) in [4.78, 5) is 26.8. The molecule has 6 heterocycles. The second kappa shape index (κ2) is 9.10. The van der Waals surface area contributed by atoms with Crippen molar-refractivity contribution in [2.75, 3.05) is 18.5 Å². The van der Waals surface area contributed by atoms with Crippen LogP contribution < -0.4 is 15.6 Å². The van der Waals surface area contributed by atoms with Crippen LogP contribution in [0.4, 0.5) is 11.6 Å². The largest absolute Gasteiger partial charge is 0.450 e. The molecular weight excluding hydrogens is 508 g/mol. The average molecular weight is 533 g/mol. The highest BCUT2D eigenvalue weighted by atomic mass is 35.5. The molecular formula is C26H25ClN8O3. The van der Waals surface area contributed by atoms with Crippen LogP contribution in [0.15, 0.2) is 48.0 Å². The minimum Gasteiger partial charge on any atom is -0.450 e. The van der Waals surface area contributed by atoms with Gasteiger partial charge in [0.2, 0.25) is 5.95 Å². The SMILES string of the molecule is Cn1c(Nc2cc(C3CC3)cn(C3CCCOC3)c2=O)nc2ncc(Oc3cnn4ccncc34)c(Cl)c21. The van der Waals surface area contributed by atoms with Gasteiger partial charge in [0, 0.05) is 32.2 Å². The minimum atomic E-state index is -0.0956. The quantitative estimate of drug-likeness (QED) is 0.338. The summed E-state index contributed by atoms with van der Waals surface area (Å²) in [6.45, 7) is 1.29. The molecule has 1 aliphatic heterocycles. The number of anilines is 2. The smallest absolute Gasteiger partial charge is 0.274 e. The van der Waals surface area contributed by atoms with Gasteiger partial charge in [-0.15, -0.1) is 0 Å². The van der Waals surface area contributed by atoms with Crippen molar-refractivity contribution in [3.05, 3.63) is 64.2 Å². The molecule has 38 heavy (non-hydrogen) atoms. The molecule has 1 saturated carbocycles. The Morgan fingerprint density at radius 2 is 2.08 bits per heavy atom. The maximum atomic E-state index is 13.5. The summed E-state index contributed by atoms with van der Waals surface area (Å²) in [5, 5.41) is 7.89. The summed E-state index contributed by atoms with van der Waals surface area (Å²) in [6.07, 6.45) is 14.3. The Morgan fingerprint density at radius 3 is 2.89 bits per heavy atom. The van der Waals surface area contributed by atoms with Crippen LogP contribution in [0.2, 0.25) is 5.02 Å². The van der Waals surface area contributed by atoms with Gasteiger partial charge >= 0.3 is 0 Å². The zero-order valence-electron chi connectivity index (χ0n) is 20.7. The van der Waals surface area contributed by atoms with E-state index in [1.807, 2.05) is 23.9 Å².